The molecule has 1 aliphatic rings. The van der Waals surface area contributed by atoms with Crippen molar-refractivity contribution in [3.8, 4) is 22.4 Å². The molecule has 0 unspecified atom stereocenters. The van der Waals surface area contributed by atoms with E-state index in [0.29, 0.717) is 0 Å². The molecule has 101 valence electrons. The predicted molar refractivity (Wildman–Crippen MR) is 89.6 cm³/mol. The second kappa shape index (κ2) is 5.96. The molecule has 0 amide bonds. The predicted octanol–water partition coefficient (Wildman–Crippen LogP) is 3.44. The molecule has 0 N–H and O–H groups in total. The third-order valence-electron chi connectivity index (χ3n) is 3.60. The van der Waals surface area contributed by atoms with Crippen LogP contribution in [0.1, 0.15) is 13.8 Å². The molecular weight excluding hydrogens is 253 g/mol. The first kappa shape index (κ1) is 13.6. The molecule has 1 aromatic heterocycles. The van der Waals surface area contributed by atoms with E-state index in [2.05, 4.69) is 84.8 Å². The number of rotatable bonds is 1. The number of fused-ring (bicyclic) bond motifs is 3. The van der Waals surface area contributed by atoms with Gasteiger partial charge in [0.05, 0.1) is 0 Å². The van der Waals surface area contributed by atoms with E-state index in [1.165, 1.54) is 27.8 Å². The van der Waals surface area contributed by atoms with Gasteiger partial charge in [-0.2, -0.15) is 0 Å². The van der Waals surface area contributed by atoms with Gasteiger partial charge in [-0.25, -0.2) is 0 Å². The van der Waals surface area contributed by atoms with Crippen molar-refractivity contribution in [2.45, 2.75) is 13.8 Å². The van der Waals surface area contributed by atoms with Gasteiger partial charge < -0.3 is 0 Å². The normalized spacial score (nSPS) is 10.8. The molecule has 0 aliphatic carbocycles. The third-order valence-corrected chi connectivity index (χ3v) is 3.60. The van der Waals surface area contributed by atoms with Crippen LogP contribution >= 0.6 is 0 Å². The summed E-state index contributed by atoms with van der Waals surface area (Å²) in [6, 6.07) is 23.5. The van der Waals surface area contributed by atoms with Gasteiger partial charge in [0.1, 0.15) is 6.20 Å². The quantitative estimate of drug-likeness (QED) is 0.467. The lowest BCUT2D eigenvalue weighted by molar-refractivity contribution is -0.511. The standard InChI is InChI=1S/C17H12BN.C2H6/c1-2-6-13(7-3-1)14-9-10-16-15(12-14)17-8-4-5-11-19(17)18-16;1-2/h1-12H;1-2H3/q+1;. The summed E-state index contributed by atoms with van der Waals surface area (Å²) in [5.74, 6) is 0. The lowest BCUT2D eigenvalue weighted by atomic mass is 9.82. The number of hydrogen-bond acceptors (Lipinski definition) is 0. The average molecular weight is 271 g/mol. The summed E-state index contributed by atoms with van der Waals surface area (Å²) >= 11 is 0. The van der Waals surface area contributed by atoms with E-state index in [1.807, 2.05) is 13.8 Å². The molecule has 1 nitrogen and oxygen atoms in total. The number of aromatic nitrogens is 1. The Morgan fingerprint density at radius 3 is 2.33 bits per heavy atom. The zero-order chi connectivity index (χ0) is 14.7. The first-order chi connectivity index (χ1) is 10.4. The Morgan fingerprint density at radius 2 is 1.52 bits per heavy atom. The van der Waals surface area contributed by atoms with E-state index in [-0.39, 0.29) is 0 Å². The largest absolute Gasteiger partial charge is 0.581 e. The molecule has 0 saturated heterocycles. The van der Waals surface area contributed by atoms with Crippen molar-refractivity contribution >= 4 is 12.9 Å². The average Bonchev–Trinajstić information content (AvgIpc) is 2.95. The summed E-state index contributed by atoms with van der Waals surface area (Å²) in [5.41, 5.74) is 6.38. The van der Waals surface area contributed by atoms with Crippen LogP contribution in [-0.2, 0) is 0 Å². The van der Waals surface area contributed by atoms with Crippen LogP contribution in [-0.4, -0.2) is 7.41 Å². The lowest BCUT2D eigenvalue weighted by Gasteiger charge is -2.03. The molecule has 2 aromatic carbocycles. The molecule has 0 fully saturated rings. The summed E-state index contributed by atoms with van der Waals surface area (Å²) in [7, 11) is 2.18. The van der Waals surface area contributed by atoms with Gasteiger partial charge in [0.2, 0.25) is 0 Å². The van der Waals surface area contributed by atoms with E-state index in [0.717, 1.165) is 0 Å². The van der Waals surface area contributed by atoms with Crippen LogP contribution < -0.4 is 9.94 Å². The molecule has 1 aliphatic heterocycles. The summed E-state index contributed by atoms with van der Waals surface area (Å²) < 4.78 is 2.18. The molecule has 4 rings (SSSR count). The van der Waals surface area contributed by atoms with Gasteiger partial charge in [-0.15, -0.1) is 0 Å². The molecule has 0 spiro atoms. The zero-order valence-corrected chi connectivity index (χ0v) is 12.5. The molecule has 0 bridgehead atoms. The van der Waals surface area contributed by atoms with Gasteiger partial charge in [0.25, 0.3) is 0 Å². The highest BCUT2D eigenvalue weighted by atomic mass is 14.9. The minimum atomic E-state index is 1.26. The van der Waals surface area contributed by atoms with E-state index in [1.54, 1.807) is 0 Å². The second-order valence-corrected chi connectivity index (χ2v) is 4.79. The summed E-state index contributed by atoms with van der Waals surface area (Å²) in [4.78, 5) is 0. The molecule has 2 heterocycles. The highest BCUT2D eigenvalue weighted by Crippen LogP contribution is 2.24. The maximum atomic E-state index is 2.28. The topological polar surface area (TPSA) is 3.88 Å². The first-order valence-electron chi connectivity index (χ1n) is 7.47. The van der Waals surface area contributed by atoms with Crippen LogP contribution in [0.2, 0.25) is 0 Å². The summed E-state index contributed by atoms with van der Waals surface area (Å²) in [5, 5.41) is 0. The molecule has 2 heteroatoms. The van der Waals surface area contributed by atoms with E-state index < -0.39 is 0 Å². The number of pyridine rings is 1. The lowest BCUT2D eigenvalue weighted by Crippen LogP contribution is -2.41. The summed E-state index contributed by atoms with van der Waals surface area (Å²) in [6.45, 7) is 4.00. The van der Waals surface area contributed by atoms with E-state index in [4.69, 9.17) is 0 Å². The third kappa shape index (κ3) is 2.49. The van der Waals surface area contributed by atoms with Crippen molar-refractivity contribution in [1.29, 1.82) is 0 Å². The Bertz CT molecular complexity index is 751. The summed E-state index contributed by atoms with van der Waals surface area (Å²) in [6.07, 6.45) is 2.09. The van der Waals surface area contributed by atoms with Crippen LogP contribution in [0.25, 0.3) is 22.4 Å². The van der Waals surface area contributed by atoms with Crippen LogP contribution in [0.15, 0.2) is 72.9 Å². The Labute approximate surface area is 127 Å². The molecule has 0 saturated carbocycles. The van der Waals surface area contributed by atoms with Crippen LogP contribution in [0, 0.1) is 0 Å². The monoisotopic (exact) mass is 271 g/mol. The Morgan fingerprint density at radius 1 is 0.762 bits per heavy atom. The SMILES string of the molecule is CC.[B]1c2ccc(-c3ccccc3)cc2-c2cccc[n+]21. The van der Waals surface area contributed by atoms with Gasteiger partial charge in [-0.3, -0.25) is 4.48 Å². The second-order valence-electron chi connectivity index (χ2n) is 4.79. The fraction of sp³-hybridized carbons (Fsp3) is 0.105. The smallest absolute Gasteiger partial charge is 0.280 e. The van der Waals surface area contributed by atoms with Gasteiger partial charge in [0.15, 0.2) is 5.69 Å². The number of benzene rings is 2. The Balaban J connectivity index is 0.000000636. The minimum absolute atomic E-state index is 1.26. The highest BCUT2D eigenvalue weighted by Gasteiger charge is 2.29. The molecule has 21 heavy (non-hydrogen) atoms. The molecule has 1 radical (unpaired) electrons. The van der Waals surface area contributed by atoms with Crippen molar-refractivity contribution in [2.24, 2.45) is 0 Å². The first-order valence-corrected chi connectivity index (χ1v) is 7.47. The van der Waals surface area contributed by atoms with Crippen molar-refractivity contribution < 1.29 is 4.48 Å². The number of hydrogen-bond donors (Lipinski definition) is 0. The van der Waals surface area contributed by atoms with Gasteiger partial charge in [-0.05, 0) is 29.3 Å². The van der Waals surface area contributed by atoms with Crippen molar-refractivity contribution in [3.05, 3.63) is 72.9 Å². The zero-order valence-electron chi connectivity index (χ0n) is 12.5. The molecule has 0 atom stereocenters. The van der Waals surface area contributed by atoms with E-state index in [9.17, 15) is 0 Å². The van der Waals surface area contributed by atoms with Crippen LogP contribution in [0.3, 0.4) is 0 Å². The minimum Gasteiger partial charge on any atom is -0.280 e. The van der Waals surface area contributed by atoms with E-state index >= 15 is 0 Å². The van der Waals surface area contributed by atoms with Crippen LogP contribution in [0.4, 0.5) is 0 Å². The fourth-order valence-corrected chi connectivity index (χ4v) is 2.65. The Kier molecular flexibility index (Phi) is 3.87. The highest BCUT2D eigenvalue weighted by molar-refractivity contribution is 6.49. The van der Waals surface area contributed by atoms with Gasteiger partial charge >= 0.3 is 7.41 Å². The fourth-order valence-electron chi connectivity index (χ4n) is 2.65. The van der Waals surface area contributed by atoms with Gasteiger partial charge in [0, 0.05) is 17.1 Å². The van der Waals surface area contributed by atoms with Crippen molar-refractivity contribution in [3.63, 3.8) is 0 Å². The van der Waals surface area contributed by atoms with Crippen molar-refractivity contribution in [2.75, 3.05) is 0 Å². The van der Waals surface area contributed by atoms with Crippen LogP contribution in [0.5, 0.6) is 0 Å². The van der Waals surface area contributed by atoms with Gasteiger partial charge in [-0.1, -0.05) is 56.3 Å². The number of nitrogens with zero attached hydrogens (tertiary/aromatic N) is 1. The maximum Gasteiger partial charge on any atom is 0.581 e. The van der Waals surface area contributed by atoms with Crippen molar-refractivity contribution in [1.82, 2.24) is 0 Å². The Hall–Kier alpha value is -2.35. The molecular formula is C19H18BN+. The maximum absolute atomic E-state index is 2.28. The molecule has 3 aromatic rings.